The summed E-state index contributed by atoms with van der Waals surface area (Å²) in [6, 6.07) is 18.4. The normalized spacial score (nSPS) is 10.6. The van der Waals surface area contributed by atoms with Crippen LogP contribution in [0.15, 0.2) is 79.1 Å². The molecular weight excluding hydrogens is 354 g/mol. The lowest BCUT2D eigenvalue weighted by molar-refractivity contribution is -0.111. The number of hydrogen-bond acceptors (Lipinski definition) is 4. The monoisotopic (exact) mass is 373 g/mol. The van der Waals surface area contributed by atoms with Crippen LogP contribution in [0.5, 0.6) is 5.75 Å². The number of aromatic nitrogens is 1. The van der Waals surface area contributed by atoms with Gasteiger partial charge in [-0.15, -0.1) is 0 Å². The number of nitrogens with two attached hydrogens (primary N) is 1. The van der Waals surface area contributed by atoms with E-state index in [1.165, 1.54) is 24.5 Å². The van der Waals surface area contributed by atoms with Crippen molar-refractivity contribution >= 4 is 23.6 Å². The van der Waals surface area contributed by atoms with E-state index in [4.69, 9.17) is 10.5 Å². The second-order valence-corrected chi connectivity index (χ2v) is 6.00. The molecule has 1 heterocycles. The molecule has 6 nitrogen and oxygen atoms in total. The Morgan fingerprint density at radius 3 is 2.64 bits per heavy atom. The van der Waals surface area contributed by atoms with Crippen molar-refractivity contribution in [3.8, 4) is 5.75 Å². The van der Waals surface area contributed by atoms with Gasteiger partial charge in [0.15, 0.2) is 0 Å². The topological polar surface area (TPSA) is 94.3 Å². The Morgan fingerprint density at radius 1 is 1.04 bits per heavy atom. The van der Waals surface area contributed by atoms with Crippen molar-refractivity contribution in [2.24, 2.45) is 5.73 Å². The van der Waals surface area contributed by atoms with Gasteiger partial charge in [-0.1, -0.05) is 42.5 Å². The van der Waals surface area contributed by atoms with Gasteiger partial charge in [0.05, 0.1) is 11.8 Å². The molecule has 28 heavy (non-hydrogen) atoms. The van der Waals surface area contributed by atoms with Crippen LogP contribution in [0.1, 0.15) is 21.5 Å². The fourth-order valence-electron chi connectivity index (χ4n) is 2.46. The Kier molecular flexibility index (Phi) is 6.15. The average Bonchev–Trinajstić information content (AvgIpc) is 2.72. The highest BCUT2D eigenvalue weighted by Crippen LogP contribution is 2.16. The first kappa shape index (κ1) is 18.8. The maximum Gasteiger partial charge on any atom is 0.250 e. The van der Waals surface area contributed by atoms with Crippen molar-refractivity contribution in [3.63, 3.8) is 0 Å². The third-order valence-corrected chi connectivity index (χ3v) is 3.82. The van der Waals surface area contributed by atoms with Crippen LogP contribution in [0.2, 0.25) is 0 Å². The van der Waals surface area contributed by atoms with Gasteiger partial charge in [-0.2, -0.15) is 0 Å². The summed E-state index contributed by atoms with van der Waals surface area (Å²) in [6.45, 7) is 0.257. The first-order valence-corrected chi connectivity index (χ1v) is 8.61. The molecule has 3 N–H and O–H groups in total. The molecule has 0 aliphatic carbocycles. The maximum atomic E-state index is 12.1. The molecule has 0 radical (unpaired) electrons. The SMILES string of the molecule is NC(=O)c1cncc(OCc2cccc(NC(=O)/C=C/c3ccccc3)c2)c1. The highest BCUT2D eigenvalue weighted by molar-refractivity contribution is 6.01. The summed E-state index contributed by atoms with van der Waals surface area (Å²) < 4.78 is 5.65. The van der Waals surface area contributed by atoms with E-state index in [-0.39, 0.29) is 18.1 Å². The molecule has 0 aliphatic heterocycles. The number of primary amides is 1. The van der Waals surface area contributed by atoms with Crippen molar-refractivity contribution in [1.29, 1.82) is 0 Å². The first-order chi connectivity index (χ1) is 13.6. The van der Waals surface area contributed by atoms with E-state index in [2.05, 4.69) is 10.3 Å². The number of nitrogens with one attached hydrogen (secondary N) is 1. The molecule has 2 aromatic carbocycles. The van der Waals surface area contributed by atoms with Crippen LogP contribution in [0.25, 0.3) is 6.08 Å². The number of benzene rings is 2. The van der Waals surface area contributed by atoms with E-state index in [0.29, 0.717) is 11.4 Å². The Bertz CT molecular complexity index is 1000. The number of carbonyl (C=O) groups excluding carboxylic acids is 2. The Labute approximate surface area is 162 Å². The zero-order valence-corrected chi connectivity index (χ0v) is 15.0. The molecular formula is C22H19N3O3. The van der Waals surface area contributed by atoms with Gasteiger partial charge in [-0.25, -0.2) is 0 Å². The van der Waals surface area contributed by atoms with E-state index < -0.39 is 5.91 Å². The average molecular weight is 373 g/mol. The summed E-state index contributed by atoms with van der Waals surface area (Å²) in [5, 5.41) is 2.82. The molecule has 6 heteroatoms. The van der Waals surface area contributed by atoms with E-state index in [9.17, 15) is 9.59 Å². The summed E-state index contributed by atoms with van der Waals surface area (Å²) in [5.74, 6) is -0.344. The van der Waals surface area contributed by atoms with E-state index in [0.717, 1.165) is 11.1 Å². The van der Waals surface area contributed by atoms with Crippen LogP contribution >= 0.6 is 0 Å². The molecule has 0 saturated heterocycles. The number of rotatable bonds is 7. The van der Waals surface area contributed by atoms with Crippen molar-refractivity contribution in [1.82, 2.24) is 4.98 Å². The number of nitrogens with zero attached hydrogens (tertiary/aromatic N) is 1. The molecule has 3 rings (SSSR count). The number of amides is 2. The standard InChI is InChI=1S/C22H19N3O3/c23-22(27)18-12-20(14-24-13-18)28-15-17-7-4-8-19(11-17)25-21(26)10-9-16-5-2-1-3-6-16/h1-14H,15H2,(H2,23,27)(H,25,26)/b10-9+. The Hall–Kier alpha value is -3.93. The number of hydrogen-bond donors (Lipinski definition) is 2. The molecule has 2 amide bonds. The summed E-state index contributed by atoms with van der Waals surface area (Å²) in [7, 11) is 0. The minimum atomic E-state index is -0.564. The van der Waals surface area contributed by atoms with Crippen molar-refractivity contribution < 1.29 is 14.3 Å². The quantitative estimate of drug-likeness (QED) is 0.621. The molecule has 3 aromatic rings. The number of ether oxygens (including phenoxy) is 1. The fraction of sp³-hybridized carbons (Fsp3) is 0.0455. The van der Waals surface area contributed by atoms with Gasteiger partial charge < -0.3 is 15.8 Å². The van der Waals surface area contributed by atoms with Crippen molar-refractivity contribution in [2.45, 2.75) is 6.61 Å². The minimum Gasteiger partial charge on any atom is -0.487 e. The minimum absolute atomic E-state index is 0.222. The Morgan fingerprint density at radius 2 is 1.86 bits per heavy atom. The third-order valence-electron chi connectivity index (χ3n) is 3.82. The molecule has 140 valence electrons. The zero-order chi connectivity index (χ0) is 19.8. The lowest BCUT2D eigenvalue weighted by Gasteiger charge is -2.08. The van der Waals surface area contributed by atoms with E-state index in [1.54, 1.807) is 12.1 Å². The van der Waals surface area contributed by atoms with Gasteiger partial charge in [0, 0.05) is 18.0 Å². The van der Waals surface area contributed by atoms with Crippen LogP contribution in [0.4, 0.5) is 5.69 Å². The highest BCUT2D eigenvalue weighted by Gasteiger charge is 2.04. The lowest BCUT2D eigenvalue weighted by atomic mass is 10.2. The van der Waals surface area contributed by atoms with Gasteiger partial charge >= 0.3 is 0 Å². The van der Waals surface area contributed by atoms with Gasteiger partial charge in [-0.3, -0.25) is 14.6 Å². The molecule has 0 aliphatic rings. The number of pyridine rings is 1. The number of carbonyl (C=O) groups is 2. The molecule has 1 aromatic heterocycles. The van der Waals surface area contributed by atoms with Crippen LogP contribution in [-0.2, 0) is 11.4 Å². The largest absolute Gasteiger partial charge is 0.487 e. The van der Waals surface area contributed by atoms with E-state index in [1.807, 2.05) is 48.5 Å². The third kappa shape index (κ3) is 5.54. The second-order valence-electron chi connectivity index (χ2n) is 6.00. The fourth-order valence-corrected chi connectivity index (χ4v) is 2.46. The molecule has 0 spiro atoms. The molecule has 0 atom stereocenters. The van der Waals surface area contributed by atoms with Crippen LogP contribution < -0.4 is 15.8 Å². The highest BCUT2D eigenvalue weighted by atomic mass is 16.5. The van der Waals surface area contributed by atoms with Crippen molar-refractivity contribution in [2.75, 3.05) is 5.32 Å². The smallest absolute Gasteiger partial charge is 0.250 e. The molecule has 0 fully saturated rings. The van der Waals surface area contributed by atoms with Gasteiger partial charge in [0.2, 0.25) is 11.8 Å². The summed E-state index contributed by atoms with van der Waals surface area (Å²) in [5.41, 5.74) is 7.99. The molecule has 0 saturated carbocycles. The number of anilines is 1. The predicted octanol–water partition coefficient (Wildman–Crippen LogP) is 3.41. The summed E-state index contributed by atoms with van der Waals surface area (Å²) >= 11 is 0. The van der Waals surface area contributed by atoms with Gasteiger partial charge in [0.25, 0.3) is 0 Å². The first-order valence-electron chi connectivity index (χ1n) is 8.61. The van der Waals surface area contributed by atoms with Crippen molar-refractivity contribution in [3.05, 3.63) is 95.8 Å². The molecule has 0 bridgehead atoms. The van der Waals surface area contributed by atoms with Gasteiger partial charge in [-0.05, 0) is 35.4 Å². The van der Waals surface area contributed by atoms with Crippen LogP contribution in [0, 0.1) is 0 Å². The second kappa shape index (κ2) is 9.14. The van der Waals surface area contributed by atoms with Crippen LogP contribution in [0.3, 0.4) is 0 Å². The van der Waals surface area contributed by atoms with Crippen LogP contribution in [-0.4, -0.2) is 16.8 Å². The van der Waals surface area contributed by atoms with Gasteiger partial charge in [0.1, 0.15) is 12.4 Å². The maximum absolute atomic E-state index is 12.1. The zero-order valence-electron chi connectivity index (χ0n) is 15.0. The Balaban J connectivity index is 1.59. The van der Waals surface area contributed by atoms with E-state index >= 15 is 0 Å². The lowest BCUT2D eigenvalue weighted by Crippen LogP contribution is -2.11. The summed E-state index contributed by atoms with van der Waals surface area (Å²) in [6.07, 6.45) is 6.13. The predicted molar refractivity (Wildman–Crippen MR) is 108 cm³/mol. The molecule has 0 unspecified atom stereocenters. The summed E-state index contributed by atoms with van der Waals surface area (Å²) in [4.78, 5) is 27.2.